The number of carbonyl (C=O) groups is 2. The van der Waals surface area contributed by atoms with Crippen LogP contribution in [-0.4, -0.2) is 80.8 Å². The van der Waals surface area contributed by atoms with Crippen LogP contribution in [0.4, 0.5) is 0 Å². The summed E-state index contributed by atoms with van der Waals surface area (Å²) in [5, 5.41) is 43.9. The number of carboxylic acid groups (broad SMARTS) is 2. The van der Waals surface area contributed by atoms with E-state index in [0.29, 0.717) is 15.6 Å². The summed E-state index contributed by atoms with van der Waals surface area (Å²) in [7, 11) is 2.89. The average molecular weight is 900 g/mol. The molecule has 18 heteroatoms. The summed E-state index contributed by atoms with van der Waals surface area (Å²) < 4.78 is 23.6. The van der Waals surface area contributed by atoms with Gasteiger partial charge in [-0.05, 0) is 89.1 Å². The van der Waals surface area contributed by atoms with Gasteiger partial charge in [0.2, 0.25) is 23.5 Å². The second-order valence-corrected chi connectivity index (χ2v) is 14.2. The molecule has 0 saturated heterocycles. The Kier molecular flexibility index (Phi) is 18.2. The Morgan fingerprint density at radius 2 is 1.12 bits per heavy atom. The van der Waals surface area contributed by atoms with Crippen LogP contribution < -0.4 is 29.6 Å². The molecule has 0 fully saturated rings. The van der Waals surface area contributed by atoms with E-state index in [9.17, 15) is 30.0 Å². The van der Waals surface area contributed by atoms with Gasteiger partial charge in [-0.1, -0.05) is 48.0 Å². The summed E-state index contributed by atoms with van der Waals surface area (Å²) >= 11 is 10.0. The fourth-order valence-electron chi connectivity index (χ4n) is 5.33. The van der Waals surface area contributed by atoms with E-state index in [2.05, 4.69) is 36.5 Å². The van der Waals surface area contributed by atoms with E-state index in [1.807, 2.05) is 50.2 Å². The fraction of sp³-hybridized carbons (Fsp3) is 0.368. The van der Waals surface area contributed by atoms with Crippen LogP contribution in [0, 0.1) is 13.8 Å². The molecule has 2 aromatic heterocycles. The molecule has 2 aromatic carbocycles. The highest BCUT2D eigenvalue weighted by Gasteiger charge is 2.33. The van der Waals surface area contributed by atoms with Crippen molar-refractivity contribution in [2.24, 2.45) is 0 Å². The van der Waals surface area contributed by atoms with Crippen LogP contribution in [0.1, 0.15) is 47.2 Å². The van der Waals surface area contributed by atoms with Gasteiger partial charge in [0.1, 0.15) is 29.3 Å². The van der Waals surface area contributed by atoms with Crippen molar-refractivity contribution in [2.45, 2.75) is 65.1 Å². The summed E-state index contributed by atoms with van der Waals surface area (Å²) in [6, 6.07) is 15.2. The zero-order valence-corrected chi connectivity index (χ0v) is 36.1. The predicted molar refractivity (Wildman–Crippen MR) is 225 cm³/mol. The molecule has 14 nitrogen and oxygen atoms in total. The molecule has 56 heavy (non-hydrogen) atoms. The number of nitrogens with zero attached hydrogens (tertiary/aromatic N) is 2. The first kappa shape index (κ1) is 48.3. The van der Waals surface area contributed by atoms with E-state index >= 15 is 0 Å². The number of aromatic nitrogens is 2. The molecule has 0 amide bonds. The minimum Gasteiger partial charge on any atom is -0.481 e. The van der Waals surface area contributed by atoms with Crippen molar-refractivity contribution in [3.05, 3.63) is 91.4 Å². The molecule has 2 atom stereocenters. The van der Waals surface area contributed by atoms with Crippen molar-refractivity contribution in [1.29, 1.82) is 0 Å². The molecule has 6 N–H and O–H groups in total. The van der Waals surface area contributed by atoms with E-state index in [-0.39, 0.29) is 81.8 Å². The van der Waals surface area contributed by atoms with Crippen LogP contribution in [0.15, 0.2) is 53.0 Å². The lowest BCUT2D eigenvalue weighted by Gasteiger charge is -2.24. The summed E-state index contributed by atoms with van der Waals surface area (Å²) in [5.74, 6) is -1.52. The fourth-order valence-corrected chi connectivity index (χ4v) is 6.04. The van der Waals surface area contributed by atoms with E-state index in [0.717, 1.165) is 33.4 Å². The van der Waals surface area contributed by atoms with Gasteiger partial charge in [-0.25, -0.2) is 0 Å². The van der Waals surface area contributed by atoms with Gasteiger partial charge in [0, 0.05) is 24.2 Å². The molecule has 0 radical (unpaired) electrons. The summed E-state index contributed by atoms with van der Waals surface area (Å²) in [6.45, 7) is 6.01. The van der Waals surface area contributed by atoms with Crippen molar-refractivity contribution in [3.63, 3.8) is 0 Å². The monoisotopic (exact) mass is 898 g/mol. The minimum absolute atomic E-state index is 0. The molecule has 0 aliphatic rings. The molecular formula is C38H48BrClN4O10S2. The second kappa shape index (κ2) is 21.1. The van der Waals surface area contributed by atoms with Crippen molar-refractivity contribution in [1.82, 2.24) is 20.6 Å². The Bertz CT molecular complexity index is 1870. The Balaban J connectivity index is 0.00000541. The lowest BCUT2D eigenvalue weighted by Crippen LogP contribution is -2.52. The first-order valence-corrected chi connectivity index (χ1v) is 17.9. The van der Waals surface area contributed by atoms with Gasteiger partial charge in [-0.3, -0.25) is 20.2 Å². The normalized spacial score (nSPS) is 13.0. The minimum atomic E-state index is -1.56. The maximum absolute atomic E-state index is 11.6. The number of nitrogens with one attached hydrogen (secondary N) is 2. The average Bonchev–Trinajstić information content (AvgIpc) is 3.15. The van der Waals surface area contributed by atoms with Gasteiger partial charge in [-0.15, -0.1) is 0 Å². The molecule has 2 heterocycles. The molecule has 306 valence electrons. The van der Waals surface area contributed by atoms with Crippen molar-refractivity contribution in [3.8, 4) is 34.6 Å². The summed E-state index contributed by atoms with van der Waals surface area (Å²) in [6.07, 6.45) is 0. The highest BCUT2D eigenvalue weighted by atomic mass is 79.9. The topological polar surface area (TPSA) is 202 Å². The van der Waals surface area contributed by atoms with E-state index < -0.39 is 36.2 Å². The van der Waals surface area contributed by atoms with Gasteiger partial charge < -0.3 is 39.4 Å². The zero-order valence-electron chi connectivity index (χ0n) is 31.8. The first-order chi connectivity index (χ1) is 25.6. The maximum atomic E-state index is 11.6. The highest BCUT2D eigenvalue weighted by Crippen LogP contribution is 2.34. The van der Waals surface area contributed by atoms with E-state index in [4.69, 9.17) is 30.5 Å². The highest BCUT2D eigenvalue weighted by molar-refractivity contribution is 9.10. The zero-order chi connectivity index (χ0) is 39.8. The first-order valence-electron chi connectivity index (χ1n) is 16.7. The molecule has 0 bridgehead atoms. The van der Waals surface area contributed by atoms with Crippen LogP contribution in [0.25, 0.3) is 11.1 Å². The number of pyridine rings is 2. The van der Waals surface area contributed by atoms with Crippen molar-refractivity contribution in [2.75, 3.05) is 27.4 Å². The molecule has 0 saturated carbocycles. The molecular weight excluding hydrogens is 852 g/mol. The van der Waals surface area contributed by atoms with E-state index in [1.54, 1.807) is 12.1 Å². The Labute approximate surface area is 352 Å². The molecule has 0 spiro atoms. The van der Waals surface area contributed by atoms with Crippen LogP contribution >= 0.6 is 54.5 Å². The van der Waals surface area contributed by atoms with E-state index in [1.165, 1.54) is 28.1 Å². The number of aliphatic hydroxyl groups is 2. The van der Waals surface area contributed by atoms with Gasteiger partial charge in [0.25, 0.3) is 0 Å². The van der Waals surface area contributed by atoms with Crippen molar-refractivity contribution >= 4 is 66.5 Å². The smallest absolute Gasteiger partial charge is 0.326 e. The summed E-state index contributed by atoms with van der Waals surface area (Å²) in [5.41, 5.74) is 3.75. The number of aliphatic hydroxyl groups excluding tert-OH is 2. The third-order valence-corrected chi connectivity index (χ3v) is 10.0. The third kappa shape index (κ3) is 11.2. The number of benzene rings is 2. The molecule has 0 aliphatic carbocycles. The third-order valence-electron chi connectivity index (χ3n) is 9.18. The van der Waals surface area contributed by atoms with Crippen LogP contribution in [-0.2, 0) is 35.9 Å². The van der Waals surface area contributed by atoms with Crippen LogP contribution in [0.2, 0.25) is 5.02 Å². The SMILES string of the molecule is COc1nc(OCc2cccc(-c3cccc(COc4nc(OC)c(CN[C@@](C)(CO)C(=O)O)cc4Br)c3C)c2C)c(Cl)cc1CN[C@@](C)(CO)C(=O)O.S.S. The molecule has 4 aromatic rings. The largest absolute Gasteiger partial charge is 0.481 e. The molecule has 0 unspecified atom stereocenters. The van der Waals surface area contributed by atoms with Gasteiger partial charge in [-0.2, -0.15) is 37.0 Å². The second-order valence-electron chi connectivity index (χ2n) is 12.9. The summed E-state index contributed by atoms with van der Waals surface area (Å²) in [4.78, 5) is 32.1. The predicted octanol–water partition coefficient (Wildman–Crippen LogP) is 5.43. The number of hydrogen-bond donors (Lipinski definition) is 6. The van der Waals surface area contributed by atoms with Gasteiger partial charge in [0.15, 0.2) is 0 Å². The van der Waals surface area contributed by atoms with Gasteiger partial charge in [0.05, 0.1) is 31.9 Å². The Morgan fingerprint density at radius 1 is 0.714 bits per heavy atom. The lowest BCUT2D eigenvalue weighted by molar-refractivity contribution is -0.146. The van der Waals surface area contributed by atoms with Crippen molar-refractivity contribution < 1.29 is 49.0 Å². The molecule has 0 aliphatic heterocycles. The van der Waals surface area contributed by atoms with Crippen LogP contribution in [0.5, 0.6) is 23.5 Å². The Morgan fingerprint density at radius 3 is 1.54 bits per heavy atom. The number of methoxy groups -OCH3 is 2. The van der Waals surface area contributed by atoms with Gasteiger partial charge >= 0.3 is 11.9 Å². The quantitative estimate of drug-likeness (QED) is 0.0696. The molecule has 4 rings (SSSR count). The number of hydrogen-bond acceptors (Lipinski definition) is 12. The number of rotatable bonds is 19. The number of carboxylic acids is 2. The Hall–Kier alpha value is -3.81. The van der Waals surface area contributed by atoms with Crippen LogP contribution in [0.3, 0.4) is 0 Å². The lowest BCUT2D eigenvalue weighted by atomic mass is 9.92. The standard InChI is InChI=1S/C38H44BrClN4O10.2H2S/c1-21-23(17-53-33-29(39)13-25(31(43-33)51-5)15-41-37(3,19-45)35(47)48)9-7-11-27(21)28-12-8-10-24(22(28)2)18-54-34-30(40)14-26(32(44-34)52-6)16-42-38(4,20-46)36(49)50;;/h7-14,41-42,45-46H,15-20H2,1-6H3,(H,47,48)(H,49,50);2*1H2/t37-,38-;;/m0../s1. The number of aliphatic carboxylic acids is 2. The number of ether oxygens (including phenoxy) is 4. The maximum Gasteiger partial charge on any atom is 0.326 e. The number of halogens is 2.